The van der Waals surface area contributed by atoms with Gasteiger partial charge in [-0.1, -0.05) is 25.0 Å². The summed E-state index contributed by atoms with van der Waals surface area (Å²) < 4.78 is 58.1. The number of oxazole rings is 1. The van der Waals surface area contributed by atoms with Crippen molar-refractivity contribution in [3.63, 3.8) is 0 Å². The number of nitrogens with zero attached hydrogens (tertiary/aromatic N) is 3. The lowest BCUT2D eigenvalue weighted by Crippen LogP contribution is -2.40. The summed E-state index contributed by atoms with van der Waals surface area (Å²) in [6, 6.07) is 12.7. The van der Waals surface area contributed by atoms with Crippen LogP contribution in [0.5, 0.6) is 0 Å². The fourth-order valence-corrected chi connectivity index (χ4v) is 6.76. The number of sulfone groups is 1. The Hall–Kier alpha value is -3.58. The van der Waals surface area contributed by atoms with E-state index in [4.69, 9.17) is 9.68 Å². The molecule has 2 atom stereocenters. The largest absolute Gasteiger partial charge is 0.440 e. The van der Waals surface area contributed by atoms with Gasteiger partial charge in [0.1, 0.15) is 28.9 Å². The topological polar surface area (TPSA) is 104 Å². The van der Waals surface area contributed by atoms with Crippen LogP contribution in [0.4, 0.5) is 14.5 Å². The number of rotatable bonds is 7. The van der Waals surface area contributed by atoms with E-state index in [-0.39, 0.29) is 53.4 Å². The van der Waals surface area contributed by atoms with Crippen LogP contribution in [0.1, 0.15) is 50.2 Å². The predicted octanol–water partition coefficient (Wildman–Crippen LogP) is 5.67. The lowest BCUT2D eigenvalue weighted by Gasteiger charge is -2.30. The van der Waals surface area contributed by atoms with Gasteiger partial charge in [-0.2, -0.15) is 5.26 Å². The molecule has 0 unspecified atom stereocenters. The minimum absolute atomic E-state index is 0.00788. The van der Waals surface area contributed by atoms with Crippen LogP contribution >= 0.6 is 0 Å². The number of ketones is 1. The van der Waals surface area contributed by atoms with Gasteiger partial charge in [0, 0.05) is 55.1 Å². The van der Waals surface area contributed by atoms with Crippen molar-refractivity contribution in [2.45, 2.75) is 44.4 Å². The highest BCUT2D eigenvalue weighted by molar-refractivity contribution is 7.91. The van der Waals surface area contributed by atoms with Crippen LogP contribution in [0.2, 0.25) is 0 Å². The Morgan fingerprint density at radius 1 is 1.08 bits per heavy atom. The van der Waals surface area contributed by atoms with E-state index in [2.05, 4.69) is 4.98 Å². The van der Waals surface area contributed by atoms with E-state index in [1.165, 1.54) is 6.07 Å². The van der Waals surface area contributed by atoms with Crippen molar-refractivity contribution in [2.75, 3.05) is 29.5 Å². The standard InChI is InChI=1S/C29H29F2N3O4S/c30-20-9-12-24(25(31)18-20)29-33-27(19-7-10-21(11-8-19)34-14-16-39(36,37)17-15-34)28(38-29)23-5-2-1-4-22(23)26(35)6-3-13-32/h7-12,18,22-23H,1-6,14-17H2/t22-,23-/m1/s1. The number of hydrogen-bond acceptors (Lipinski definition) is 7. The molecule has 2 heterocycles. The smallest absolute Gasteiger partial charge is 0.229 e. The molecule has 1 saturated carbocycles. The maximum absolute atomic E-state index is 14.7. The third-order valence-corrected chi connectivity index (χ3v) is 9.27. The number of carbonyl (C=O) groups is 1. The highest BCUT2D eigenvalue weighted by Gasteiger charge is 2.36. The second-order valence-electron chi connectivity index (χ2n) is 10.2. The van der Waals surface area contributed by atoms with Crippen LogP contribution in [0.25, 0.3) is 22.7 Å². The monoisotopic (exact) mass is 553 g/mol. The van der Waals surface area contributed by atoms with Crippen molar-refractivity contribution in [3.8, 4) is 28.8 Å². The lowest BCUT2D eigenvalue weighted by molar-refractivity contribution is -0.124. The number of hydrogen-bond donors (Lipinski definition) is 0. The van der Waals surface area contributed by atoms with Gasteiger partial charge >= 0.3 is 0 Å². The summed E-state index contributed by atoms with van der Waals surface area (Å²) in [6.07, 6.45) is 3.47. The molecule has 204 valence electrons. The van der Waals surface area contributed by atoms with E-state index in [1.807, 2.05) is 35.2 Å². The van der Waals surface area contributed by atoms with Crippen molar-refractivity contribution >= 4 is 21.3 Å². The minimum Gasteiger partial charge on any atom is -0.440 e. The van der Waals surface area contributed by atoms with E-state index in [9.17, 15) is 22.0 Å². The quantitative estimate of drug-likeness (QED) is 0.371. The van der Waals surface area contributed by atoms with E-state index < -0.39 is 21.5 Å². The van der Waals surface area contributed by atoms with Gasteiger partial charge in [-0.25, -0.2) is 22.2 Å². The Morgan fingerprint density at radius 2 is 1.79 bits per heavy atom. The second kappa shape index (κ2) is 11.3. The number of aromatic nitrogens is 1. The average Bonchev–Trinajstić information content (AvgIpc) is 3.37. The van der Waals surface area contributed by atoms with Crippen molar-refractivity contribution in [3.05, 3.63) is 59.9 Å². The van der Waals surface area contributed by atoms with Gasteiger partial charge in [-0.15, -0.1) is 0 Å². The molecule has 1 aliphatic heterocycles. The fourth-order valence-electron chi connectivity index (χ4n) is 5.56. The summed E-state index contributed by atoms with van der Waals surface area (Å²) >= 11 is 0. The second-order valence-corrected chi connectivity index (χ2v) is 12.5. The normalized spacial score (nSPS) is 20.9. The van der Waals surface area contributed by atoms with E-state index in [1.54, 1.807) is 0 Å². The minimum atomic E-state index is -3.00. The zero-order valence-electron chi connectivity index (χ0n) is 21.4. The highest BCUT2D eigenvalue weighted by atomic mass is 32.2. The molecule has 0 radical (unpaired) electrons. The van der Waals surface area contributed by atoms with Crippen LogP contribution in [0, 0.1) is 28.9 Å². The molecule has 3 aromatic rings. The molecular weight excluding hydrogens is 524 g/mol. The number of benzene rings is 2. The summed E-state index contributed by atoms with van der Waals surface area (Å²) in [5.74, 6) is -1.40. The Balaban J connectivity index is 1.53. The van der Waals surface area contributed by atoms with Crippen LogP contribution in [-0.2, 0) is 14.6 Å². The van der Waals surface area contributed by atoms with Crippen molar-refractivity contribution in [1.82, 2.24) is 4.98 Å². The molecule has 0 amide bonds. The molecule has 5 rings (SSSR count). The molecule has 1 aromatic heterocycles. The number of anilines is 1. The predicted molar refractivity (Wildman–Crippen MR) is 143 cm³/mol. The SMILES string of the molecule is N#CCCC(=O)[C@@H]1CCCC[C@H]1c1oc(-c2ccc(F)cc2F)nc1-c1ccc(N2CCS(=O)(=O)CC2)cc1. The van der Waals surface area contributed by atoms with Crippen molar-refractivity contribution in [1.29, 1.82) is 5.26 Å². The van der Waals surface area contributed by atoms with Gasteiger partial charge in [0.15, 0.2) is 9.84 Å². The van der Waals surface area contributed by atoms with E-state index in [0.29, 0.717) is 42.9 Å². The zero-order valence-corrected chi connectivity index (χ0v) is 22.2. The first-order valence-corrected chi connectivity index (χ1v) is 15.0. The molecule has 1 saturated heterocycles. The maximum Gasteiger partial charge on any atom is 0.229 e. The van der Waals surface area contributed by atoms with E-state index in [0.717, 1.165) is 30.7 Å². The molecule has 2 aromatic carbocycles. The lowest BCUT2D eigenvalue weighted by atomic mass is 9.74. The molecular formula is C29H29F2N3O4S. The highest BCUT2D eigenvalue weighted by Crippen LogP contribution is 2.44. The molecule has 10 heteroatoms. The molecule has 39 heavy (non-hydrogen) atoms. The molecule has 1 aliphatic carbocycles. The third kappa shape index (κ3) is 5.88. The van der Waals surface area contributed by atoms with Crippen LogP contribution in [-0.4, -0.2) is 43.8 Å². The average molecular weight is 554 g/mol. The van der Waals surface area contributed by atoms with Crippen LogP contribution < -0.4 is 4.90 Å². The molecule has 7 nitrogen and oxygen atoms in total. The van der Waals surface area contributed by atoms with Gasteiger partial charge in [0.2, 0.25) is 5.89 Å². The fraction of sp³-hybridized carbons (Fsp3) is 0.414. The number of halogens is 2. The summed E-state index contributed by atoms with van der Waals surface area (Å²) in [6.45, 7) is 0.832. The van der Waals surface area contributed by atoms with Crippen LogP contribution in [0.15, 0.2) is 46.9 Å². The number of Topliss-reactive ketones (excluding diaryl/α,β-unsaturated/α-hetero) is 1. The molecule has 0 bridgehead atoms. The van der Waals surface area contributed by atoms with Gasteiger partial charge in [-0.3, -0.25) is 4.79 Å². The van der Waals surface area contributed by atoms with Crippen molar-refractivity contribution in [2.24, 2.45) is 5.92 Å². The molecule has 0 spiro atoms. The Labute approximate surface area is 226 Å². The molecule has 2 aliphatic rings. The molecule has 0 N–H and O–H groups in total. The summed E-state index contributed by atoms with van der Waals surface area (Å²) in [5, 5.41) is 8.98. The third-order valence-electron chi connectivity index (χ3n) is 7.66. The Morgan fingerprint density at radius 3 is 2.49 bits per heavy atom. The summed E-state index contributed by atoms with van der Waals surface area (Å²) in [7, 11) is -3.00. The van der Waals surface area contributed by atoms with Gasteiger partial charge < -0.3 is 9.32 Å². The first-order chi connectivity index (χ1) is 18.8. The molecule has 2 fully saturated rings. The Bertz CT molecular complexity index is 1500. The van der Waals surface area contributed by atoms with Gasteiger partial charge in [0.05, 0.1) is 23.1 Å². The first-order valence-electron chi connectivity index (χ1n) is 13.2. The number of nitriles is 1. The maximum atomic E-state index is 14.7. The Kier molecular flexibility index (Phi) is 7.80. The first kappa shape index (κ1) is 27.0. The summed E-state index contributed by atoms with van der Waals surface area (Å²) in [5.41, 5.74) is 2.11. The van der Waals surface area contributed by atoms with Crippen molar-refractivity contribution < 1.29 is 26.4 Å². The number of carbonyl (C=O) groups excluding carboxylic acids is 1. The van der Waals surface area contributed by atoms with Gasteiger partial charge in [-0.05, 0) is 37.1 Å². The zero-order chi connectivity index (χ0) is 27.6. The van der Waals surface area contributed by atoms with Gasteiger partial charge in [0.25, 0.3) is 0 Å². The van der Waals surface area contributed by atoms with E-state index >= 15 is 0 Å². The summed E-state index contributed by atoms with van der Waals surface area (Å²) in [4.78, 5) is 19.7. The van der Waals surface area contributed by atoms with Crippen LogP contribution in [0.3, 0.4) is 0 Å².